The molecule has 3 rings (SSSR count). The molecule has 0 radical (unpaired) electrons. The van der Waals surface area contributed by atoms with Gasteiger partial charge in [0.2, 0.25) is 5.91 Å². The van der Waals surface area contributed by atoms with Gasteiger partial charge in [-0.1, -0.05) is 18.2 Å². The highest BCUT2D eigenvalue weighted by Crippen LogP contribution is 2.39. The molecule has 0 saturated carbocycles. The fourth-order valence-corrected chi connectivity index (χ4v) is 2.71. The number of hydrogen-bond acceptors (Lipinski definition) is 3. The van der Waals surface area contributed by atoms with E-state index in [4.69, 9.17) is 4.74 Å². The first-order chi connectivity index (χ1) is 9.56. The molecule has 4 atom stereocenters. The van der Waals surface area contributed by atoms with E-state index < -0.39 is 41.7 Å². The number of carboxylic acid groups (broad SMARTS) is 1. The minimum atomic E-state index is -1.07. The number of aliphatic carboxylic acids is 1. The molecule has 1 saturated heterocycles. The number of nitrogens with one attached hydrogen (secondary N) is 1. The SMILES string of the molecule is O=C(O)[C@@H]1[C@H](C(=O)Nc2cccc(F)c2)[C@@H]2C=C[C@H]1O2. The van der Waals surface area contributed by atoms with Crippen molar-refractivity contribution in [3.63, 3.8) is 0 Å². The Morgan fingerprint density at radius 3 is 2.55 bits per heavy atom. The number of carboxylic acids is 1. The van der Waals surface area contributed by atoms with E-state index in [1.54, 1.807) is 18.2 Å². The number of fused-ring (bicyclic) bond motifs is 2. The summed E-state index contributed by atoms with van der Waals surface area (Å²) in [5.74, 6) is -3.72. The van der Waals surface area contributed by atoms with Gasteiger partial charge in [0.05, 0.1) is 18.1 Å². The number of halogens is 1. The minimum Gasteiger partial charge on any atom is -0.481 e. The van der Waals surface area contributed by atoms with Crippen LogP contribution in [0.4, 0.5) is 10.1 Å². The van der Waals surface area contributed by atoms with Crippen molar-refractivity contribution in [1.82, 2.24) is 0 Å². The molecule has 1 aromatic rings. The first-order valence-corrected chi connectivity index (χ1v) is 6.19. The van der Waals surface area contributed by atoms with Gasteiger partial charge >= 0.3 is 5.97 Å². The molecule has 2 aliphatic rings. The van der Waals surface area contributed by atoms with E-state index in [2.05, 4.69) is 5.32 Å². The maximum Gasteiger partial charge on any atom is 0.310 e. The molecule has 5 nitrogen and oxygen atoms in total. The summed E-state index contributed by atoms with van der Waals surface area (Å²) in [4.78, 5) is 23.5. The van der Waals surface area contributed by atoms with Crippen LogP contribution in [0.1, 0.15) is 0 Å². The smallest absolute Gasteiger partial charge is 0.310 e. The third-order valence-electron chi connectivity index (χ3n) is 3.58. The lowest BCUT2D eigenvalue weighted by atomic mass is 9.82. The fraction of sp³-hybridized carbons (Fsp3) is 0.286. The highest BCUT2D eigenvalue weighted by atomic mass is 19.1. The summed E-state index contributed by atoms with van der Waals surface area (Å²) >= 11 is 0. The van der Waals surface area contributed by atoms with Crippen molar-refractivity contribution in [3.05, 3.63) is 42.2 Å². The van der Waals surface area contributed by atoms with Gasteiger partial charge in [-0.05, 0) is 18.2 Å². The maximum atomic E-state index is 13.1. The van der Waals surface area contributed by atoms with Crippen LogP contribution in [0.25, 0.3) is 0 Å². The second-order valence-corrected chi connectivity index (χ2v) is 4.84. The number of anilines is 1. The lowest BCUT2D eigenvalue weighted by Crippen LogP contribution is -2.39. The second kappa shape index (κ2) is 4.72. The fourth-order valence-electron chi connectivity index (χ4n) is 2.71. The molecule has 2 N–H and O–H groups in total. The molecule has 0 aliphatic carbocycles. The van der Waals surface area contributed by atoms with Crippen molar-refractivity contribution in [2.24, 2.45) is 11.8 Å². The lowest BCUT2D eigenvalue weighted by Gasteiger charge is -2.20. The zero-order valence-corrected chi connectivity index (χ0v) is 10.3. The zero-order chi connectivity index (χ0) is 14.3. The van der Waals surface area contributed by atoms with Gasteiger partial charge in [0, 0.05) is 5.69 Å². The summed E-state index contributed by atoms with van der Waals surface area (Å²) in [5.41, 5.74) is 0.297. The number of amides is 1. The average molecular weight is 277 g/mol. The summed E-state index contributed by atoms with van der Waals surface area (Å²) in [6, 6.07) is 5.45. The van der Waals surface area contributed by atoms with Gasteiger partial charge in [0.25, 0.3) is 0 Å². The van der Waals surface area contributed by atoms with Gasteiger partial charge in [0.15, 0.2) is 0 Å². The van der Waals surface area contributed by atoms with Crippen LogP contribution in [0, 0.1) is 17.7 Å². The Morgan fingerprint density at radius 2 is 1.90 bits per heavy atom. The molecule has 0 spiro atoms. The van der Waals surface area contributed by atoms with Crippen LogP contribution in [0.2, 0.25) is 0 Å². The van der Waals surface area contributed by atoms with Gasteiger partial charge in [-0.25, -0.2) is 4.39 Å². The molecule has 2 bridgehead atoms. The highest BCUT2D eigenvalue weighted by Gasteiger charge is 2.53. The van der Waals surface area contributed by atoms with Gasteiger partial charge in [-0.3, -0.25) is 9.59 Å². The number of carbonyl (C=O) groups is 2. The van der Waals surface area contributed by atoms with Crippen molar-refractivity contribution in [3.8, 4) is 0 Å². The monoisotopic (exact) mass is 277 g/mol. The first-order valence-electron chi connectivity index (χ1n) is 6.19. The van der Waals surface area contributed by atoms with Crippen LogP contribution in [0.5, 0.6) is 0 Å². The summed E-state index contributed by atoms with van der Waals surface area (Å²) in [7, 11) is 0. The van der Waals surface area contributed by atoms with Crippen molar-refractivity contribution in [1.29, 1.82) is 0 Å². The Kier molecular flexibility index (Phi) is 3.02. The topological polar surface area (TPSA) is 75.6 Å². The van der Waals surface area contributed by atoms with Crippen LogP contribution in [0.15, 0.2) is 36.4 Å². The summed E-state index contributed by atoms with van der Waals surface area (Å²) < 4.78 is 18.5. The van der Waals surface area contributed by atoms with E-state index in [0.29, 0.717) is 5.69 Å². The maximum absolute atomic E-state index is 13.1. The summed E-state index contributed by atoms with van der Waals surface area (Å²) in [6.07, 6.45) is 2.26. The molecule has 1 fully saturated rings. The number of carbonyl (C=O) groups excluding carboxylic acids is 1. The third kappa shape index (κ3) is 2.08. The number of rotatable bonds is 3. The molecule has 0 unspecified atom stereocenters. The van der Waals surface area contributed by atoms with Crippen molar-refractivity contribution < 1.29 is 23.8 Å². The Balaban J connectivity index is 1.80. The third-order valence-corrected chi connectivity index (χ3v) is 3.58. The number of benzene rings is 1. The Labute approximate surface area is 114 Å². The van der Waals surface area contributed by atoms with E-state index in [-0.39, 0.29) is 0 Å². The van der Waals surface area contributed by atoms with Crippen LogP contribution in [-0.4, -0.2) is 29.2 Å². The first kappa shape index (κ1) is 12.8. The number of ether oxygens (including phenoxy) is 1. The predicted octanol–water partition coefficient (Wildman–Crippen LogP) is 1.42. The normalized spacial score (nSPS) is 30.4. The summed E-state index contributed by atoms with van der Waals surface area (Å²) in [5, 5.41) is 11.7. The van der Waals surface area contributed by atoms with E-state index in [0.717, 1.165) is 0 Å². The van der Waals surface area contributed by atoms with E-state index in [1.165, 1.54) is 18.2 Å². The van der Waals surface area contributed by atoms with Gasteiger partial charge in [0.1, 0.15) is 11.7 Å². The Hall–Kier alpha value is -2.21. The van der Waals surface area contributed by atoms with Crippen LogP contribution in [0.3, 0.4) is 0 Å². The van der Waals surface area contributed by atoms with Crippen molar-refractivity contribution in [2.45, 2.75) is 12.2 Å². The van der Waals surface area contributed by atoms with Gasteiger partial charge < -0.3 is 15.2 Å². The van der Waals surface area contributed by atoms with Gasteiger partial charge in [-0.2, -0.15) is 0 Å². The van der Waals surface area contributed by atoms with E-state index in [1.807, 2.05) is 0 Å². The Bertz CT molecular complexity index is 601. The van der Waals surface area contributed by atoms with Crippen LogP contribution in [-0.2, 0) is 14.3 Å². The molecule has 1 aromatic carbocycles. The molecule has 0 aromatic heterocycles. The van der Waals surface area contributed by atoms with Crippen molar-refractivity contribution in [2.75, 3.05) is 5.32 Å². The number of hydrogen-bond donors (Lipinski definition) is 2. The minimum absolute atomic E-state index is 0.297. The van der Waals surface area contributed by atoms with E-state index in [9.17, 15) is 19.1 Å². The predicted molar refractivity (Wildman–Crippen MR) is 67.4 cm³/mol. The molecule has 6 heteroatoms. The van der Waals surface area contributed by atoms with Crippen LogP contribution >= 0.6 is 0 Å². The van der Waals surface area contributed by atoms with Crippen LogP contribution < -0.4 is 5.32 Å². The molecular weight excluding hydrogens is 265 g/mol. The molecular formula is C14H12FNO4. The quantitative estimate of drug-likeness (QED) is 0.819. The summed E-state index contributed by atoms with van der Waals surface area (Å²) in [6.45, 7) is 0. The molecule has 1 amide bonds. The molecule has 104 valence electrons. The van der Waals surface area contributed by atoms with E-state index >= 15 is 0 Å². The molecule has 2 heterocycles. The zero-order valence-electron chi connectivity index (χ0n) is 10.3. The molecule has 20 heavy (non-hydrogen) atoms. The average Bonchev–Trinajstić information content (AvgIpc) is 2.98. The second-order valence-electron chi connectivity index (χ2n) is 4.84. The highest BCUT2D eigenvalue weighted by molar-refractivity contribution is 5.96. The largest absolute Gasteiger partial charge is 0.481 e. The van der Waals surface area contributed by atoms with Gasteiger partial charge in [-0.15, -0.1) is 0 Å². The standard InChI is InChI=1S/C14H12FNO4/c15-7-2-1-3-8(6-7)16-13(17)11-9-4-5-10(20-9)12(11)14(18)19/h1-6,9-12H,(H,16,17)(H,18,19)/t9-,10+,11+,12-/m0/s1. The van der Waals surface area contributed by atoms with Crippen molar-refractivity contribution >= 4 is 17.6 Å². The molecule has 2 aliphatic heterocycles. The lowest BCUT2D eigenvalue weighted by molar-refractivity contribution is -0.145. The Morgan fingerprint density at radius 1 is 1.20 bits per heavy atom.